The first-order valence-electron chi connectivity index (χ1n) is 10.9. The van der Waals surface area contributed by atoms with Crippen LogP contribution in [0.1, 0.15) is 41.3 Å². The number of aromatic nitrogens is 1. The molecule has 4 heteroatoms. The monoisotopic (exact) mass is 410 g/mol. The van der Waals surface area contributed by atoms with Crippen molar-refractivity contribution in [1.29, 1.82) is 0 Å². The van der Waals surface area contributed by atoms with Crippen molar-refractivity contribution in [2.45, 2.75) is 38.5 Å². The zero-order valence-electron chi connectivity index (χ0n) is 17.4. The lowest BCUT2D eigenvalue weighted by Gasteiger charge is -2.25. The summed E-state index contributed by atoms with van der Waals surface area (Å²) in [6.07, 6.45) is 2.22. The van der Waals surface area contributed by atoms with Crippen molar-refractivity contribution in [1.82, 2.24) is 4.98 Å². The second-order valence-corrected chi connectivity index (χ2v) is 8.04. The molecule has 1 heterocycles. The summed E-state index contributed by atoms with van der Waals surface area (Å²) in [5.74, 6) is 0.856. The van der Waals surface area contributed by atoms with Crippen molar-refractivity contribution < 1.29 is 9.84 Å². The first-order chi connectivity index (χ1) is 15.3. The molecule has 1 aromatic heterocycles. The van der Waals surface area contributed by atoms with Crippen molar-refractivity contribution in [3.8, 4) is 5.75 Å². The van der Waals surface area contributed by atoms with Crippen LogP contribution in [0.2, 0.25) is 0 Å². The SMILES string of the molecule is OC1CCCc2nc3ccccc3c(NCc3ccc(OCc4ccccc4)cc3)c21. The van der Waals surface area contributed by atoms with E-state index in [1.165, 1.54) is 0 Å². The Morgan fingerprint density at radius 2 is 1.68 bits per heavy atom. The lowest BCUT2D eigenvalue weighted by molar-refractivity contribution is 0.156. The average Bonchev–Trinajstić information content (AvgIpc) is 2.82. The first kappa shape index (κ1) is 19.6. The zero-order chi connectivity index (χ0) is 21.0. The lowest BCUT2D eigenvalue weighted by Crippen LogP contribution is -2.15. The number of ether oxygens (including phenoxy) is 1. The molecule has 2 N–H and O–H groups in total. The number of fused-ring (bicyclic) bond motifs is 2. The molecule has 31 heavy (non-hydrogen) atoms. The third-order valence-corrected chi connectivity index (χ3v) is 5.87. The van der Waals surface area contributed by atoms with Gasteiger partial charge in [-0.15, -0.1) is 0 Å². The van der Waals surface area contributed by atoms with E-state index < -0.39 is 6.10 Å². The van der Waals surface area contributed by atoms with E-state index in [1.807, 2.05) is 48.5 Å². The Balaban J connectivity index is 1.33. The molecule has 156 valence electrons. The molecule has 0 radical (unpaired) electrons. The van der Waals surface area contributed by atoms with Gasteiger partial charge in [0.1, 0.15) is 12.4 Å². The van der Waals surface area contributed by atoms with E-state index >= 15 is 0 Å². The van der Waals surface area contributed by atoms with Gasteiger partial charge in [0.2, 0.25) is 0 Å². The highest BCUT2D eigenvalue weighted by Gasteiger charge is 2.24. The fourth-order valence-corrected chi connectivity index (χ4v) is 4.26. The third kappa shape index (κ3) is 4.25. The number of anilines is 1. The van der Waals surface area contributed by atoms with E-state index in [0.29, 0.717) is 13.2 Å². The van der Waals surface area contributed by atoms with Gasteiger partial charge in [0.05, 0.1) is 17.3 Å². The predicted octanol–water partition coefficient (Wildman–Crippen LogP) is 5.80. The smallest absolute Gasteiger partial charge is 0.119 e. The molecular formula is C27H26N2O2. The molecule has 0 fully saturated rings. The van der Waals surface area contributed by atoms with Gasteiger partial charge in [-0.2, -0.15) is 0 Å². The van der Waals surface area contributed by atoms with Gasteiger partial charge in [-0.05, 0) is 48.6 Å². The van der Waals surface area contributed by atoms with Gasteiger partial charge < -0.3 is 15.2 Å². The van der Waals surface area contributed by atoms with Gasteiger partial charge in [0, 0.05) is 23.2 Å². The summed E-state index contributed by atoms with van der Waals surface area (Å²) in [5.41, 5.74) is 6.28. The maximum atomic E-state index is 10.7. The number of rotatable bonds is 6. The summed E-state index contributed by atoms with van der Waals surface area (Å²) >= 11 is 0. The number of hydrogen-bond donors (Lipinski definition) is 2. The number of para-hydroxylation sites is 1. The molecule has 3 aromatic carbocycles. The van der Waals surface area contributed by atoms with Crippen molar-refractivity contribution in [2.75, 3.05) is 5.32 Å². The molecule has 0 bridgehead atoms. The normalized spacial score (nSPS) is 15.5. The molecule has 1 aliphatic rings. The quantitative estimate of drug-likeness (QED) is 0.422. The summed E-state index contributed by atoms with van der Waals surface area (Å²) in [6.45, 7) is 1.23. The Hall–Kier alpha value is -3.37. The van der Waals surface area contributed by atoms with Gasteiger partial charge in [-0.25, -0.2) is 0 Å². The molecule has 5 rings (SSSR count). The molecular weight excluding hydrogens is 384 g/mol. The minimum absolute atomic E-state index is 0.461. The Bertz CT molecular complexity index is 1170. The molecule has 4 nitrogen and oxygen atoms in total. The van der Waals surface area contributed by atoms with Crippen molar-refractivity contribution >= 4 is 16.6 Å². The Kier molecular flexibility index (Phi) is 5.55. The van der Waals surface area contributed by atoms with Crippen molar-refractivity contribution in [2.24, 2.45) is 0 Å². The molecule has 1 atom stereocenters. The molecule has 0 spiro atoms. The maximum absolute atomic E-state index is 10.7. The van der Waals surface area contributed by atoms with Crippen LogP contribution in [0.15, 0.2) is 78.9 Å². The van der Waals surface area contributed by atoms with E-state index in [-0.39, 0.29) is 0 Å². The van der Waals surface area contributed by atoms with Crippen molar-refractivity contribution in [3.05, 3.63) is 101 Å². The average molecular weight is 411 g/mol. The first-order valence-corrected chi connectivity index (χ1v) is 10.9. The fraction of sp³-hybridized carbons (Fsp3) is 0.222. The highest BCUT2D eigenvalue weighted by atomic mass is 16.5. The van der Waals surface area contributed by atoms with Crippen LogP contribution in [0.25, 0.3) is 10.9 Å². The van der Waals surface area contributed by atoms with E-state index in [0.717, 1.165) is 64.0 Å². The van der Waals surface area contributed by atoms with Crippen LogP contribution in [0.3, 0.4) is 0 Å². The Labute approximate surface area is 182 Å². The second-order valence-electron chi connectivity index (χ2n) is 8.04. The number of hydrogen-bond acceptors (Lipinski definition) is 4. The number of nitrogens with zero attached hydrogens (tertiary/aromatic N) is 1. The van der Waals surface area contributed by atoms with Gasteiger partial charge in [0.15, 0.2) is 0 Å². The van der Waals surface area contributed by atoms with Gasteiger partial charge in [-0.3, -0.25) is 4.98 Å². The highest BCUT2D eigenvalue weighted by molar-refractivity contribution is 5.93. The number of nitrogens with one attached hydrogen (secondary N) is 1. The number of aliphatic hydroxyl groups is 1. The van der Waals surface area contributed by atoms with E-state index in [2.05, 4.69) is 35.6 Å². The second kappa shape index (κ2) is 8.78. The number of aryl methyl sites for hydroxylation is 1. The molecule has 0 amide bonds. The predicted molar refractivity (Wildman–Crippen MR) is 124 cm³/mol. The maximum Gasteiger partial charge on any atom is 0.119 e. The summed E-state index contributed by atoms with van der Waals surface area (Å²) in [7, 11) is 0. The molecule has 0 aliphatic heterocycles. The fourth-order valence-electron chi connectivity index (χ4n) is 4.26. The molecule has 0 saturated heterocycles. The summed E-state index contributed by atoms with van der Waals surface area (Å²) < 4.78 is 5.89. The van der Waals surface area contributed by atoms with Gasteiger partial charge in [0.25, 0.3) is 0 Å². The highest BCUT2D eigenvalue weighted by Crippen LogP contribution is 2.38. The Morgan fingerprint density at radius 3 is 2.52 bits per heavy atom. The number of aliphatic hydroxyl groups excluding tert-OH is 1. The summed E-state index contributed by atoms with van der Waals surface area (Å²) in [5, 5.41) is 15.4. The van der Waals surface area contributed by atoms with Crippen molar-refractivity contribution in [3.63, 3.8) is 0 Å². The minimum Gasteiger partial charge on any atom is -0.489 e. The van der Waals surface area contributed by atoms with Crippen LogP contribution in [0.5, 0.6) is 5.75 Å². The zero-order valence-corrected chi connectivity index (χ0v) is 17.4. The van der Waals surface area contributed by atoms with E-state index in [1.54, 1.807) is 0 Å². The minimum atomic E-state index is -0.461. The summed E-state index contributed by atoms with van der Waals surface area (Å²) in [6, 6.07) is 26.5. The standard InChI is InChI=1S/C27H26N2O2/c30-25-12-6-11-24-26(25)27(22-9-4-5-10-23(22)29-24)28-17-19-13-15-21(16-14-19)31-18-20-7-2-1-3-8-20/h1-5,7-10,13-16,25,30H,6,11-12,17-18H2,(H,28,29). The van der Waals surface area contributed by atoms with Gasteiger partial charge in [-0.1, -0.05) is 60.7 Å². The third-order valence-electron chi connectivity index (χ3n) is 5.87. The van der Waals surface area contributed by atoms with Crippen LogP contribution in [-0.4, -0.2) is 10.1 Å². The summed E-state index contributed by atoms with van der Waals surface area (Å²) in [4.78, 5) is 4.82. The molecule has 4 aromatic rings. The molecule has 0 saturated carbocycles. The number of pyridine rings is 1. The van der Waals surface area contributed by atoms with Gasteiger partial charge >= 0.3 is 0 Å². The van der Waals surface area contributed by atoms with Crippen LogP contribution in [-0.2, 0) is 19.6 Å². The molecule has 1 unspecified atom stereocenters. The van der Waals surface area contributed by atoms with Crippen LogP contribution < -0.4 is 10.1 Å². The van der Waals surface area contributed by atoms with E-state index in [4.69, 9.17) is 9.72 Å². The Morgan fingerprint density at radius 1 is 0.903 bits per heavy atom. The number of benzene rings is 3. The topological polar surface area (TPSA) is 54.4 Å². The molecule has 1 aliphatic carbocycles. The lowest BCUT2D eigenvalue weighted by atomic mass is 9.90. The largest absolute Gasteiger partial charge is 0.489 e. The van der Waals surface area contributed by atoms with Crippen LogP contribution in [0, 0.1) is 0 Å². The van der Waals surface area contributed by atoms with E-state index in [9.17, 15) is 5.11 Å². The van der Waals surface area contributed by atoms with Crippen LogP contribution >= 0.6 is 0 Å². The van der Waals surface area contributed by atoms with Crippen LogP contribution in [0.4, 0.5) is 5.69 Å².